The van der Waals surface area contributed by atoms with Gasteiger partial charge in [-0.2, -0.15) is 15.5 Å². The molecule has 11 nitrogen and oxygen atoms in total. The Bertz CT molecular complexity index is 1940. The van der Waals surface area contributed by atoms with Gasteiger partial charge in [0.1, 0.15) is 17.6 Å². The molecule has 1 N–H and O–H groups in total. The van der Waals surface area contributed by atoms with E-state index in [0.29, 0.717) is 48.8 Å². The molecule has 12 heteroatoms. The Kier molecular flexibility index (Phi) is 7.84. The maximum atomic E-state index is 13.4. The summed E-state index contributed by atoms with van der Waals surface area (Å²) in [6, 6.07) is 15.9. The number of anilines is 1. The van der Waals surface area contributed by atoms with Gasteiger partial charge in [-0.25, -0.2) is 18.1 Å². The number of ether oxygens (including phenoxy) is 1. The molecule has 1 saturated heterocycles. The summed E-state index contributed by atoms with van der Waals surface area (Å²) in [6.07, 6.45) is 8.88. The molecule has 1 aliphatic heterocycles. The van der Waals surface area contributed by atoms with Crippen LogP contribution in [-0.2, 0) is 22.8 Å². The van der Waals surface area contributed by atoms with Crippen LogP contribution in [-0.4, -0.2) is 71.0 Å². The molecule has 1 aliphatic rings. The van der Waals surface area contributed by atoms with Crippen LogP contribution in [0.5, 0.6) is 5.75 Å². The summed E-state index contributed by atoms with van der Waals surface area (Å²) in [4.78, 5) is 6.90. The van der Waals surface area contributed by atoms with Crippen molar-refractivity contribution in [2.45, 2.75) is 32.5 Å². The van der Waals surface area contributed by atoms with Crippen LogP contribution in [0.25, 0.3) is 27.8 Å². The number of benzene rings is 1. The zero-order valence-electron chi connectivity index (χ0n) is 24.9. The zero-order valence-corrected chi connectivity index (χ0v) is 25.7. The fraction of sp³-hybridized carbons (Fsp3) is 0.312. The summed E-state index contributed by atoms with van der Waals surface area (Å²) in [5, 5.41) is 28.8. The lowest BCUT2D eigenvalue weighted by molar-refractivity contribution is 0.0577. The summed E-state index contributed by atoms with van der Waals surface area (Å²) >= 11 is 0. The lowest BCUT2D eigenvalue weighted by Gasteiger charge is -2.29. The van der Waals surface area contributed by atoms with Gasteiger partial charge in [0, 0.05) is 65.4 Å². The van der Waals surface area contributed by atoms with Crippen LogP contribution in [0.2, 0.25) is 0 Å². The number of nitrogens with zero attached hydrogens (tertiary/aromatic N) is 8. The van der Waals surface area contributed by atoms with Gasteiger partial charge in [0.2, 0.25) is 0 Å². The van der Waals surface area contributed by atoms with Crippen LogP contribution in [0.4, 0.5) is 5.82 Å². The molecular formula is C32H34N8O3S. The molecular weight excluding hydrogens is 576 g/mol. The Balaban J connectivity index is 1.22. The number of rotatable bonds is 8. The molecule has 226 valence electrons. The number of aliphatic hydroxyl groups is 1. The topological polar surface area (TPSA) is 134 Å². The number of pyridine rings is 2. The van der Waals surface area contributed by atoms with Gasteiger partial charge in [-0.3, -0.25) is 4.68 Å². The van der Waals surface area contributed by atoms with Crippen LogP contribution in [0.1, 0.15) is 25.0 Å². The van der Waals surface area contributed by atoms with Crippen molar-refractivity contribution in [3.8, 4) is 34.1 Å². The van der Waals surface area contributed by atoms with Crippen molar-refractivity contribution in [1.82, 2.24) is 24.4 Å². The maximum Gasteiger partial charge on any atom is 0.128 e. The first kappa shape index (κ1) is 29.3. The Morgan fingerprint density at radius 3 is 2.45 bits per heavy atom. The number of nitriles is 1. The zero-order chi connectivity index (χ0) is 30.9. The largest absolute Gasteiger partial charge is 0.497 e. The van der Waals surface area contributed by atoms with E-state index in [2.05, 4.69) is 25.5 Å². The second kappa shape index (κ2) is 11.7. The van der Waals surface area contributed by atoms with E-state index in [4.69, 9.17) is 9.72 Å². The Hall–Kier alpha value is -4.73. The minimum atomic E-state index is -2.30. The predicted molar refractivity (Wildman–Crippen MR) is 170 cm³/mol. The quantitative estimate of drug-likeness (QED) is 0.273. The van der Waals surface area contributed by atoms with Crippen molar-refractivity contribution in [3.05, 3.63) is 84.6 Å². The molecule has 1 aromatic carbocycles. The summed E-state index contributed by atoms with van der Waals surface area (Å²) < 4.78 is 26.6. The van der Waals surface area contributed by atoms with Crippen molar-refractivity contribution in [1.29, 1.82) is 5.26 Å². The monoisotopic (exact) mass is 610 g/mol. The number of fused-ring (bicyclic) bond motifs is 1. The number of hydrogen-bond donors (Lipinski definition) is 1. The molecule has 0 saturated carbocycles. The average Bonchev–Trinajstić information content (AvgIpc) is 3.66. The summed E-state index contributed by atoms with van der Waals surface area (Å²) in [5.74, 6) is 2.56. The molecule has 4 aromatic heterocycles. The first-order chi connectivity index (χ1) is 21.1. The van der Waals surface area contributed by atoms with E-state index >= 15 is 0 Å². The highest BCUT2D eigenvalue weighted by molar-refractivity contribution is 7.93. The molecule has 0 unspecified atom stereocenters. The Morgan fingerprint density at radius 2 is 1.80 bits per heavy atom. The summed E-state index contributed by atoms with van der Waals surface area (Å²) in [6.45, 7) is 5.46. The Labute approximate surface area is 256 Å². The molecule has 0 bridgehead atoms. The molecule has 0 aliphatic carbocycles. The van der Waals surface area contributed by atoms with Crippen molar-refractivity contribution in [2.75, 3.05) is 36.6 Å². The van der Waals surface area contributed by atoms with Gasteiger partial charge in [-0.1, -0.05) is 12.1 Å². The van der Waals surface area contributed by atoms with E-state index in [1.54, 1.807) is 48.7 Å². The SMILES string of the molecule is COc1ccc(CN=S2(=O)CCN(c3ccc(-c4cc(-c5cnn(CC(C)(C)O)c5)cn5ncc(C#N)c45)cn3)CC2)cc1. The van der Waals surface area contributed by atoms with Gasteiger partial charge in [-0.05, 0) is 49.7 Å². The third-order valence-electron chi connectivity index (χ3n) is 7.63. The molecule has 0 radical (unpaired) electrons. The fourth-order valence-corrected chi connectivity index (χ4v) is 7.17. The van der Waals surface area contributed by atoms with Crippen molar-refractivity contribution in [2.24, 2.45) is 4.36 Å². The van der Waals surface area contributed by atoms with Gasteiger partial charge in [0.15, 0.2) is 0 Å². The highest BCUT2D eigenvalue weighted by atomic mass is 32.2. The van der Waals surface area contributed by atoms with E-state index in [0.717, 1.165) is 39.4 Å². The highest BCUT2D eigenvalue weighted by Crippen LogP contribution is 2.32. The van der Waals surface area contributed by atoms with Gasteiger partial charge in [0.25, 0.3) is 0 Å². The van der Waals surface area contributed by atoms with Crippen LogP contribution < -0.4 is 9.64 Å². The smallest absolute Gasteiger partial charge is 0.128 e. The van der Waals surface area contributed by atoms with E-state index in [9.17, 15) is 14.6 Å². The lowest BCUT2D eigenvalue weighted by Crippen LogP contribution is -2.40. The van der Waals surface area contributed by atoms with Crippen LogP contribution in [0.15, 0.2) is 77.8 Å². The average molecular weight is 611 g/mol. The third-order valence-corrected chi connectivity index (χ3v) is 9.87. The van der Waals surface area contributed by atoms with E-state index in [1.807, 2.05) is 54.9 Å². The van der Waals surface area contributed by atoms with E-state index < -0.39 is 15.3 Å². The van der Waals surface area contributed by atoms with Crippen molar-refractivity contribution in [3.63, 3.8) is 0 Å². The van der Waals surface area contributed by atoms with Gasteiger partial charge in [0.05, 0.1) is 59.0 Å². The summed E-state index contributed by atoms with van der Waals surface area (Å²) in [5.41, 5.74) is 4.68. The van der Waals surface area contributed by atoms with Crippen molar-refractivity contribution < 1.29 is 14.1 Å². The molecule has 0 amide bonds. The van der Waals surface area contributed by atoms with Gasteiger partial charge in [-0.15, -0.1) is 0 Å². The number of aromatic nitrogens is 5. The third kappa shape index (κ3) is 6.29. The molecule has 0 spiro atoms. The molecule has 1 fully saturated rings. The van der Waals surface area contributed by atoms with Gasteiger partial charge >= 0.3 is 0 Å². The normalized spacial score (nSPS) is 14.8. The van der Waals surface area contributed by atoms with E-state index in [1.165, 1.54) is 0 Å². The number of hydrogen-bond acceptors (Lipinski definition) is 9. The molecule has 6 rings (SSSR count). The maximum absolute atomic E-state index is 13.4. The van der Waals surface area contributed by atoms with Crippen LogP contribution in [0.3, 0.4) is 0 Å². The van der Waals surface area contributed by atoms with Crippen molar-refractivity contribution >= 4 is 21.1 Å². The molecule has 0 atom stereocenters. The minimum absolute atomic E-state index is 0.357. The van der Waals surface area contributed by atoms with E-state index in [-0.39, 0.29) is 0 Å². The first-order valence-corrected chi connectivity index (χ1v) is 16.2. The molecule has 44 heavy (non-hydrogen) atoms. The summed E-state index contributed by atoms with van der Waals surface area (Å²) in [7, 11) is -0.667. The molecule has 5 heterocycles. The van der Waals surface area contributed by atoms with Gasteiger partial charge < -0.3 is 14.7 Å². The second-order valence-corrected chi connectivity index (χ2v) is 14.2. The molecule has 5 aromatic rings. The van der Waals surface area contributed by atoms with Crippen LogP contribution >= 0.6 is 0 Å². The second-order valence-electron chi connectivity index (χ2n) is 11.6. The minimum Gasteiger partial charge on any atom is -0.497 e. The highest BCUT2D eigenvalue weighted by Gasteiger charge is 2.22. The fourth-order valence-electron chi connectivity index (χ4n) is 5.31. The number of methoxy groups -OCH3 is 1. The lowest BCUT2D eigenvalue weighted by atomic mass is 10.0. The van der Waals surface area contributed by atoms with Crippen LogP contribution in [0, 0.1) is 11.3 Å². The predicted octanol–water partition coefficient (Wildman–Crippen LogP) is 4.40. The Morgan fingerprint density at radius 1 is 1.02 bits per heavy atom. The standard InChI is InChI=1S/C32H34N8O3S/c1-32(2,41)22-39-20-27(19-35-39)25-14-29(31-26(15-33)18-36-40(31)21-25)24-6-9-30(34-17-24)38-10-12-44(42,13-11-38)37-16-23-4-7-28(43-3)8-5-23/h4-9,14,17-21,41H,10-13,16,22H2,1-3H3. The first-order valence-electron chi connectivity index (χ1n) is 14.3.